The number of halogens is 12. The second-order valence-corrected chi connectivity index (χ2v) is 8.94. The van der Waals surface area contributed by atoms with Crippen molar-refractivity contribution in [3.63, 3.8) is 0 Å². The summed E-state index contributed by atoms with van der Waals surface area (Å²) in [6.45, 7) is 0. The summed E-state index contributed by atoms with van der Waals surface area (Å²) in [6, 6.07) is 1.30. The molecule has 0 atom stereocenters. The standard InChI is InChI=1S/C23H9F12N3OS/c24-20(25,26)13-1-10(2-14(5-13)21(27,28)29)17-9-40-19(36-17)38-7-12(8-39)18(37-38)11-3-15(22(30,31)32)6-16(4-11)23(33,34)35/h1-9H. The monoisotopic (exact) mass is 603 g/mol. The lowest BCUT2D eigenvalue weighted by Gasteiger charge is -2.13. The maximum atomic E-state index is 13.3. The van der Waals surface area contributed by atoms with Crippen molar-refractivity contribution in [1.29, 1.82) is 0 Å². The maximum Gasteiger partial charge on any atom is 0.416 e. The van der Waals surface area contributed by atoms with Crippen LogP contribution in [0.1, 0.15) is 32.6 Å². The highest BCUT2D eigenvalue weighted by Crippen LogP contribution is 2.41. The summed E-state index contributed by atoms with van der Waals surface area (Å²) in [6.07, 6.45) is -19.7. The van der Waals surface area contributed by atoms with Gasteiger partial charge in [-0.05, 0) is 36.4 Å². The molecule has 4 nitrogen and oxygen atoms in total. The molecule has 40 heavy (non-hydrogen) atoms. The van der Waals surface area contributed by atoms with Crippen LogP contribution in [-0.4, -0.2) is 21.1 Å². The summed E-state index contributed by atoms with van der Waals surface area (Å²) in [5.41, 5.74) is -9.34. The van der Waals surface area contributed by atoms with E-state index in [2.05, 4.69) is 10.1 Å². The Balaban J connectivity index is 1.82. The Morgan fingerprint density at radius 3 is 1.48 bits per heavy atom. The summed E-state index contributed by atoms with van der Waals surface area (Å²) in [5, 5.41) is 4.62. The van der Waals surface area contributed by atoms with Crippen molar-refractivity contribution in [3.8, 4) is 27.6 Å². The van der Waals surface area contributed by atoms with E-state index in [0.29, 0.717) is 35.6 Å². The van der Waals surface area contributed by atoms with E-state index in [1.165, 1.54) is 0 Å². The lowest BCUT2D eigenvalue weighted by molar-refractivity contribution is -0.144. The van der Waals surface area contributed by atoms with Gasteiger partial charge in [0.25, 0.3) is 0 Å². The third kappa shape index (κ3) is 5.97. The smallest absolute Gasteiger partial charge is 0.298 e. The van der Waals surface area contributed by atoms with E-state index in [1.54, 1.807) is 0 Å². The third-order valence-electron chi connectivity index (χ3n) is 5.30. The molecule has 0 fully saturated rings. The normalized spacial score (nSPS) is 13.1. The molecular formula is C23H9F12N3OS. The number of alkyl halides is 12. The Kier molecular flexibility index (Phi) is 7.01. The van der Waals surface area contributed by atoms with Crippen LogP contribution in [0.25, 0.3) is 27.6 Å². The first-order valence-electron chi connectivity index (χ1n) is 10.4. The van der Waals surface area contributed by atoms with Crippen molar-refractivity contribution in [2.45, 2.75) is 24.7 Å². The maximum absolute atomic E-state index is 13.3. The van der Waals surface area contributed by atoms with E-state index in [9.17, 15) is 57.5 Å². The first-order valence-corrected chi connectivity index (χ1v) is 11.3. The van der Waals surface area contributed by atoms with Gasteiger partial charge in [0.05, 0.1) is 33.5 Å². The molecule has 212 valence electrons. The van der Waals surface area contributed by atoms with E-state index >= 15 is 0 Å². The minimum Gasteiger partial charge on any atom is -0.298 e. The number of rotatable bonds is 4. The van der Waals surface area contributed by atoms with Crippen molar-refractivity contribution in [1.82, 2.24) is 14.8 Å². The Labute approximate surface area is 218 Å². The first kappa shape index (κ1) is 29.1. The van der Waals surface area contributed by atoms with Crippen molar-refractivity contribution >= 4 is 17.6 Å². The fourth-order valence-corrected chi connectivity index (χ4v) is 4.25. The highest BCUT2D eigenvalue weighted by Gasteiger charge is 2.38. The van der Waals surface area contributed by atoms with Crippen LogP contribution in [0, 0.1) is 0 Å². The number of thiazole rings is 1. The van der Waals surface area contributed by atoms with Gasteiger partial charge in [-0.15, -0.1) is 11.3 Å². The molecule has 0 aliphatic rings. The zero-order valence-electron chi connectivity index (χ0n) is 18.9. The number of nitrogens with zero attached hydrogens (tertiary/aromatic N) is 3. The number of aromatic nitrogens is 3. The van der Waals surface area contributed by atoms with Gasteiger partial charge in [-0.1, -0.05) is 0 Å². The lowest BCUT2D eigenvalue weighted by Crippen LogP contribution is -2.11. The molecule has 2 aromatic heterocycles. The molecule has 4 rings (SSSR count). The molecule has 0 amide bonds. The fourth-order valence-electron chi connectivity index (χ4n) is 3.49. The first-order chi connectivity index (χ1) is 18.3. The van der Waals surface area contributed by atoms with Crippen LogP contribution in [-0.2, 0) is 24.7 Å². The predicted octanol–water partition coefficient (Wildman–Crippen LogP) is 8.55. The number of carbonyl (C=O) groups is 1. The van der Waals surface area contributed by atoms with Crippen molar-refractivity contribution in [3.05, 3.63) is 75.8 Å². The highest BCUT2D eigenvalue weighted by atomic mass is 32.1. The van der Waals surface area contributed by atoms with Crippen LogP contribution in [0.15, 0.2) is 48.0 Å². The summed E-state index contributed by atoms with van der Waals surface area (Å²) in [7, 11) is 0. The van der Waals surface area contributed by atoms with Gasteiger partial charge in [-0.2, -0.15) is 57.8 Å². The van der Waals surface area contributed by atoms with E-state index in [0.717, 1.165) is 16.3 Å². The molecule has 2 aromatic carbocycles. The molecule has 0 saturated carbocycles. The zero-order chi connectivity index (χ0) is 29.8. The van der Waals surface area contributed by atoms with Crippen LogP contribution < -0.4 is 0 Å². The van der Waals surface area contributed by atoms with Gasteiger partial charge in [0.15, 0.2) is 6.29 Å². The molecule has 0 N–H and O–H groups in total. The summed E-state index contributed by atoms with van der Waals surface area (Å²) in [5.74, 6) is 0. The van der Waals surface area contributed by atoms with Crippen LogP contribution >= 0.6 is 11.3 Å². The Hall–Kier alpha value is -3.89. The zero-order valence-corrected chi connectivity index (χ0v) is 19.7. The Bertz CT molecular complexity index is 1510. The number of hydrogen-bond donors (Lipinski definition) is 0. The topological polar surface area (TPSA) is 47.8 Å². The van der Waals surface area contributed by atoms with Gasteiger partial charge >= 0.3 is 24.7 Å². The van der Waals surface area contributed by atoms with Crippen LogP contribution in [0.5, 0.6) is 0 Å². The molecule has 17 heteroatoms. The van der Waals surface area contributed by atoms with Gasteiger partial charge in [0.2, 0.25) is 5.13 Å². The van der Waals surface area contributed by atoms with Crippen molar-refractivity contribution in [2.24, 2.45) is 0 Å². The molecule has 0 aliphatic heterocycles. The number of carbonyl (C=O) groups excluding carboxylic acids is 1. The van der Waals surface area contributed by atoms with E-state index in [4.69, 9.17) is 0 Å². The number of hydrogen-bond acceptors (Lipinski definition) is 4. The second kappa shape index (κ2) is 9.64. The van der Waals surface area contributed by atoms with Crippen LogP contribution in [0.3, 0.4) is 0 Å². The van der Waals surface area contributed by atoms with Gasteiger partial charge in [-0.3, -0.25) is 4.79 Å². The Morgan fingerprint density at radius 2 is 1.07 bits per heavy atom. The number of aldehydes is 1. The van der Waals surface area contributed by atoms with Gasteiger partial charge in [0.1, 0.15) is 5.69 Å². The fraction of sp³-hybridized carbons (Fsp3) is 0.174. The molecular weight excluding hydrogens is 594 g/mol. The van der Waals surface area contributed by atoms with Crippen LogP contribution in [0.2, 0.25) is 0 Å². The predicted molar refractivity (Wildman–Crippen MR) is 116 cm³/mol. The third-order valence-corrected chi connectivity index (χ3v) is 6.13. The molecule has 0 bridgehead atoms. The van der Waals surface area contributed by atoms with E-state index in [1.807, 2.05) is 0 Å². The minimum absolute atomic E-state index is 0.0861. The average molecular weight is 603 g/mol. The van der Waals surface area contributed by atoms with Crippen molar-refractivity contribution < 1.29 is 57.5 Å². The van der Waals surface area contributed by atoms with Crippen LogP contribution in [0.4, 0.5) is 52.7 Å². The average Bonchev–Trinajstić information content (AvgIpc) is 3.49. The molecule has 0 aliphatic carbocycles. The molecule has 0 saturated heterocycles. The quantitative estimate of drug-likeness (QED) is 0.174. The summed E-state index contributed by atoms with van der Waals surface area (Å²) < 4.78 is 160. The summed E-state index contributed by atoms with van der Waals surface area (Å²) >= 11 is 0.618. The molecule has 0 spiro atoms. The molecule has 0 unspecified atom stereocenters. The Morgan fingerprint density at radius 1 is 0.650 bits per heavy atom. The number of benzene rings is 2. The van der Waals surface area contributed by atoms with Gasteiger partial charge in [0, 0.05) is 22.7 Å². The largest absolute Gasteiger partial charge is 0.416 e. The van der Waals surface area contributed by atoms with Crippen molar-refractivity contribution in [2.75, 3.05) is 0 Å². The van der Waals surface area contributed by atoms with E-state index in [-0.39, 0.29) is 29.2 Å². The second-order valence-electron chi connectivity index (χ2n) is 8.10. The van der Waals surface area contributed by atoms with Gasteiger partial charge < -0.3 is 0 Å². The van der Waals surface area contributed by atoms with Gasteiger partial charge in [-0.25, -0.2) is 9.67 Å². The molecule has 0 radical (unpaired) electrons. The summed E-state index contributed by atoms with van der Waals surface area (Å²) in [4.78, 5) is 15.5. The molecule has 2 heterocycles. The SMILES string of the molecule is O=Cc1cn(-c2nc(-c3cc(C(F)(F)F)cc(C(F)(F)F)c3)cs2)nc1-c1cc(C(F)(F)F)cc(C(F)(F)F)c1. The highest BCUT2D eigenvalue weighted by molar-refractivity contribution is 7.12. The van der Waals surface area contributed by atoms with E-state index < -0.39 is 69.3 Å². The lowest BCUT2D eigenvalue weighted by atomic mass is 10.0. The minimum atomic E-state index is -5.19. The molecule has 4 aromatic rings.